The summed E-state index contributed by atoms with van der Waals surface area (Å²) < 4.78 is 12.0. The Morgan fingerprint density at radius 1 is 1.32 bits per heavy atom. The van der Waals surface area contributed by atoms with Gasteiger partial charge < -0.3 is 19.7 Å². The fourth-order valence-corrected chi connectivity index (χ4v) is 4.87. The fourth-order valence-electron chi connectivity index (χ4n) is 3.70. The average molecular weight is 381 g/mol. The number of aliphatic hydroxyl groups excluding tert-OH is 2. The molecule has 0 saturated carbocycles. The molecule has 1 saturated heterocycles. The number of ether oxygens (including phenoxy) is 2. The van der Waals surface area contributed by atoms with Gasteiger partial charge in [-0.15, -0.1) is 11.3 Å². The van der Waals surface area contributed by atoms with E-state index < -0.39 is 24.1 Å². The predicted octanol–water partition coefficient (Wildman–Crippen LogP) is 3.51. The van der Waals surface area contributed by atoms with Crippen LogP contribution in [0.25, 0.3) is 0 Å². The van der Waals surface area contributed by atoms with Crippen LogP contribution in [0, 0.1) is 6.92 Å². The molecule has 0 amide bonds. The molecule has 1 fully saturated rings. The summed E-state index contributed by atoms with van der Waals surface area (Å²) >= 11 is 8.25. The van der Waals surface area contributed by atoms with Crippen molar-refractivity contribution >= 4 is 22.9 Å². The lowest BCUT2D eigenvalue weighted by atomic mass is 9.89. The number of thiophene rings is 1. The van der Waals surface area contributed by atoms with Crippen molar-refractivity contribution in [1.29, 1.82) is 0 Å². The van der Waals surface area contributed by atoms with E-state index in [0.29, 0.717) is 6.61 Å². The predicted molar refractivity (Wildman–Crippen MR) is 97.0 cm³/mol. The minimum atomic E-state index is -1.00. The van der Waals surface area contributed by atoms with Gasteiger partial charge in [-0.25, -0.2) is 0 Å². The van der Waals surface area contributed by atoms with E-state index >= 15 is 0 Å². The molecule has 134 valence electrons. The molecule has 4 nitrogen and oxygen atoms in total. The Bertz CT molecular complexity index is 791. The number of aliphatic hydroxyl groups is 2. The van der Waals surface area contributed by atoms with Crippen LogP contribution in [0.4, 0.5) is 0 Å². The molecule has 1 aromatic carbocycles. The molecule has 2 N–H and O–H groups in total. The Hall–Kier alpha value is -0.950. The summed E-state index contributed by atoms with van der Waals surface area (Å²) in [7, 11) is 0. The Balaban J connectivity index is 1.71. The summed E-state index contributed by atoms with van der Waals surface area (Å²) in [6.07, 6.45) is -1.33. The van der Waals surface area contributed by atoms with Gasteiger partial charge in [0.2, 0.25) is 0 Å². The van der Waals surface area contributed by atoms with Crippen molar-refractivity contribution in [2.45, 2.75) is 57.4 Å². The smallest absolute Gasteiger partial charge is 0.198 e. The van der Waals surface area contributed by atoms with E-state index in [4.69, 9.17) is 21.1 Å². The SMILES string of the molecule is Cc1ccc(Cc2cc3c(cc2Cl)CO[C@@]32C[C@@H](O)C(O)[C@@H](C)O2)s1. The number of benzene rings is 1. The molecule has 4 rings (SSSR count). The second kappa shape index (κ2) is 6.34. The number of fused-ring (bicyclic) bond motifs is 2. The van der Waals surface area contributed by atoms with Gasteiger partial charge in [-0.05, 0) is 49.2 Å². The second-order valence-electron chi connectivity index (χ2n) is 6.92. The molecule has 1 aromatic heterocycles. The molecular formula is C19H21ClO4S. The molecule has 0 radical (unpaired) electrons. The fraction of sp³-hybridized carbons (Fsp3) is 0.474. The van der Waals surface area contributed by atoms with Crippen molar-refractivity contribution in [2.75, 3.05) is 0 Å². The first-order valence-corrected chi connectivity index (χ1v) is 9.62. The first-order valence-electron chi connectivity index (χ1n) is 8.43. The number of hydrogen-bond donors (Lipinski definition) is 2. The van der Waals surface area contributed by atoms with Gasteiger partial charge in [-0.2, -0.15) is 0 Å². The summed E-state index contributed by atoms with van der Waals surface area (Å²) in [6, 6.07) is 8.20. The minimum Gasteiger partial charge on any atom is -0.390 e. The Morgan fingerprint density at radius 3 is 2.80 bits per heavy atom. The van der Waals surface area contributed by atoms with Crippen LogP contribution in [-0.4, -0.2) is 28.5 Å². The van der Waals surface area contributed by atoms with Crippen LogP contribution in [0.3, 0.4) is 0 Å². The molecule has 2 aliphatic rings. The van der Waals surface area contributed by atoms with E-state index in [2.05, 4.69) is 19.1 Å². The first kappa shape index (κ1) is 17.5. The zero-order chi connectivity index (χ0) is 17.8. The summed E-state index contributed by atoms with van der Waals surface area (Å²) in [5, 5.41) is 20.9. The summed E-state index contributed by atoms with van der Waals surface area (Å²) in [6.45, 7) is 4.23. The van der Waals surface area contributed by atoms with Crippen LogP contribution >= 0.6 is 22.9 Å². The quantitative estimate of drug-likeness (QED) is 0.837. The van der Waals surface area contributed by atoms with E-state index in [1.807, 2.05) is 12.1 Å². The molecule has 0 aliphatic carbocycles. The van der Waals surface area contributed by atoms with Gasteiger partial charge in [0.25, 0.3) is 0 Å². The van der Waals surface area contributed by atoms with Crippen LogP contribution in [0.5, 0.6) is 0 Å². The molecule has 0 bridgehead atoms. The minimum absolute atomic E-state index is 0.213. The molecule has 1 spiro atoms. The van der Waals surface area contributed by atoms with Crippen molar-refractivity contribution in [3.05, 3.63) is 55.7 Å². The highest BCUT2D eigenvalue weighted by molar-refractivity contribution is 7.11. The van der Waals surface area contributed by atoms with E-state index in [1.54, 1.807) is 18.3 Å². The van der Waals surface area contributed by atoms with Crippen molar-refractivity contribution in [1.82, 2.24) is 0 Å². The maximum atomic E-state index is 10.2. The van der Waals surface area contributed by atoms with E-state index in [-0.39, 0.29) is 6.42 Å². The number of hydrogen-bond acceptors (Lipinski definition) is 5. The highest BCUT2D eigenvalue weighted by Gasteiger charge is 2.50. The van der Waals surface area contributed by atoms with Crippen LogP contribution in [-0.2, 0) is 28.3 Å². The van der Waals surface area contributed by atoms with Crippen molar-refractivity contribution in [3.63, 3.8) is 0 Å². The van der Waals surface area contributed by atoms with Gasteiger partial charge in [-0.3, -0.25) is 0 Å². The standard InChI is InChI=1S/C19H21ClO4S/c1-10-3-4-14(25-10)5-12-6-15-13(7-16(12)20)9-23-19(15)8-17(21)18(22)11(2)24-19/h3-4,6-7,11,17-18,21-22H,5,8-9H2,1-2H3/t11-,17-,18?,19-/m1/s1. The molecule has 2 aromatic rings. The molecule has 1 unspecified atom stereocenters. The Morgan fingerprint density at radius 2 is 2.12 bits per heavy atom. The zero-order valence-electron chi connectivity index (χ0n) is 14.2. The first-order chi connectivity index (χ1) is 11.9. The Labute approximate surface area is 156 Å². The van der Waals surface area contributed by atoms with Gasteiger partial charge in [0.1, 0.15) is 6.10 Å². The molecule has 3 heterocycles. The van der Waals surface area contributed by atoms with Crippen LogP contribution in [0.15, 0.2) is 24.3 Å². The van der Waals surface area contributed by atoms with E-state index in [9.17, 15) is 10.2 Å². The third-order valence-electron chi connectivity index (χ3n) is 5.03. The highest BCUT2D eigenvalue weighted by Crippen LogP contribution is 2.47. The lowest BCUT2D eigenvalue weighted by Crippen LogP contribution is -2.52. The monoisotopic (exact) mass is 380 g/mol. The number of rotatable bonds is 2. The van der Waals surface area contributed by atoms with E-state index in [0.717, 1.165) is 28.1 Å². The van der Waals surface area contributed by atoms with Gasteiger partial charge in [0.05, 0.1) is 18.8 Å². The third kappa shape index (κ3) is 3.03. The number of aryl methyl sites for hydroxylation is 1. The molecule has 4 atom stereocenters. The average Bonchev–Trinajstić information content (AvgIpc) is 3.10. The second-order valence-corrected chi connectivity index (χ2v) is 8.70. The molecular weight excluding hydrogens is 360 g/mol. The van der Waals surface area contributed by atoms with Gasteiger partial charge in [0.15, 0.2) is 5.79 Å². The zero-order valence-corrected chi connectivity index (χ0v) is 15.7. The van der Waals surface area contributed by atoms with Crippen LogP contribution in [0.1, 0.15) is 39.8 Å². The highest BCUT2D eigenvalue weighted by atomic mass is 35.5. The van der Waals surface area contributed by atoms with Crippen molar-refractivity contribution in [3.8, 4) is 0 Å². The molecule has 2 aliphatic heterocycles. The van der Waals surface area contributed by atoms with Gasteiger partial charge in [0, 0.05) is 33.2 Å². The largest absolute Gasteiger partial charge is 0.390 e. The molecule has 25 heavy (non-hydrogen) atoms. The maximum Gasteiger partial charge on any atom is 0.198 e. The summed E-state index contributed by atoms with van der Waals surface area (Å²) in [5.41, 5.74) is 2.91. The summed E-state index contributed by atoms with van der Waals surface area (Å²) in [4.78, 5) is 2.52. The van der Waals surface area contributed by atoms with E-state index in [1.165, 1.54) is 9.75 Å². The lowest BCUT2D eigenvalue weighted by molar-refractivity contribution is -0.318. The molecule has 6 heteroatoms. The Kier molecular flexibility index (Phi) is 4.43. The van der Waals surface area contributed by atoms with Crippen LogP contribution in [0.2, 0.25) is 5.02 Å². The van der Waals surface area contributed by atoms with Crippen molar-refractivity contribution in [2.24, 2.45) is 0 Å². The normalized spacial score (nSPS) is 31.5. The van der Waals surface area contributed by atoms with Gasteiger partial charge in [-0.1, -0.05) is 11.6 Å². The number of halogens is 1. The topological polar surface area (TPSA) is 58.9 Å². The van der Waals surface area contributed by atoms with Crippen molar-refractivity contribution < 1.29 is 19.7 Å². The van der Waals surface area contributed by atoms with Crippen LogP contribution < -0.4 is 0 Å². The van der Waals surface area contributed by atoms with Gasteiger partial charge >= 0.3 is 0 Å². The lowest BCUT2D eigenvalue weighted by Gasteiger charge is -2.42. The summed E-state index contributed by atoms with van der Waals surface area (Å²) in [5.74, 6) is -1.00. The maximum absolute atomic E-state index is 10.2. The third-order valence-corrected chi connectivity index (χ3v) is 6.39.